The molecule has 0 aromatic carbocycles. The molecule has 0 bridgehead atoms. The van der Waals surface area contributed by atoms with Gasteiger partial charge in [0, 0.05) is 36.8 Å². The molecule has 7 nitrogen and oxygen atoms in total. The number of hydrogen-bond donors (Lipinski definition) is 0. The summed E-state index contributed by atoms with van der Waals surface area (Å²) in [4.78, 5) is 2.39. The topological polar surface area (TPSA) is 69.0 Å². The molecule has 2 aliphatic carbocycles. The van der Waals surface area contributed by atoms with Gasteiger partial charge in [-0.15, -0.1) is 10.2 Å². The fraction of sp³-hybridized carbons (Fsp3) is 0.545. The number of hydrogen-bond acceptors (Lipinski definition) is 7. The third-order valence-electron chi connectivity index (χ3n) is 6.88. The van der Waals surface area contributed by atoms with Crippen LogP contribution in [0, 0.1) is 17.8 Å². The quantitative estimate of drug-likeness (QED) is 0.604. The predicted octanol–water partition coefficient (Wildman–Crippen LogP) is 3.68. The summed E-state index contributed by atoms with van der Waals surface area (Å²) in [7, 11) is 0. The maximum atomic E-state index is 6.49. The Morgan fingerprint density at radius 3 is 2.77 bits per heavy atom. The molecule has 6 rings (SSSR count). The van der Waals surface area contributed by atoms with E-state index in [2.05, 4.69) is 59.2 Å². The van der Waals surface area contributed by atoms with E-state index in [0.29, 0.717) is 11.8 Å². The molecule has 156 valence electrons. The van der Waals surface area contributed by atoms with Gasteiger partial charge in [-0.1, -0.05) is 5.21 Å². The minimum absolute atomic E-state index is 0.200. The second-order valence-electron chi connectivity index (χ2n) is 8.96. The minimum atomic E-state index is 0.200. The number of ether oxygens (including phenoxy) is 1. The third kappa shape index (κ3) is 3.63. The van der Waals surface area contributed by atoms with Crippen molar-refractivity contribution in [3.63, 3.8) is 0 Å². The second kappa shape index (κ2) is 7.74. The first-order valence-electron chi connectivity index (χ1n) is 10.9. The average molecular weight is 423 g/mol. The van der Waals surface area contributed by atoms with Crippen LogP contribution in [0.1, 0.15) is 31.7 Å². The summed E-state index contributed by atoms with van der Waals surface area (Å²) in [6.07, 6.45) is 8.82. The highest BCUT2D eigenvalue weighted by molar-refractivity contribution is 7.08. The fourth-order valence-electron chi connectivity index (χ4n) is 5.02. The standard InChI is InChI=1S/C22H26N6OS/c1-2-22(25-23-6-1)27-10-17-8-20(21(9-18(17)11-27)29-13-15-3-4-15)28-12-19(24-26-28)16-5-7-30-14-16/h1-2,5-7,12,14-15,17-18,20-21H,3-4,8-11,13H2/t17-,18+,20-,21-/m1/s1. The van der Waals surface area contributed by atoms with Crippen molar-refractivity contribution in [1.29, 1.82) is 0 Å². The number of anilines is 1. The largest absolute Gasteiger partial charge is 0.376 e. The summed E-state index contributed by atoms with van der Waals surface area (Å²) in [5.41, 5.74) is 2.09. The molecule has 1 saturated heterocycles. The highest BCUT2D eigenvalue weighted by Gasteiger charge is 2.44. The second-order valence-corrected chi connectivity index (χ2v) is 9.74. The van der Waals surface area contributed by atoms with Gasteiger partial charge in [0.15, 0.2) is 5.82 Å². The Kier molecular flexibility index (Phi) is 4.76. The van der Waals surface area contributed by atoms with Gasteiger partial charge < -0.3 is 9.64 Å². The van der Waals surface area contributed by atoms with E-state index in [9.17, 15) is 0 Å². The Morgan fingerprint density at radius 1 is 1.10 bits per heavy atom. The zero-order valence-electron chi connectivity index (χ0n) is 16.9. The van der Waals surface area contributed by atoms with Crippen molar-refractivity contribution < 1.29 is 4.74 Å². The average Bonchev–Trinajstić information content (AvgIpc) is 3.18. The lowest BCUT2D eigenvalue weighted by Crippen LogP contribution is -2.38. The van der Waals surface area contributed by atoms with E-state index in [4.69, 9.17) is 4.74 Å². The molecule has 0 amide bonds. The van der Waals surface area contributed by atoms with Gasteiger partial charge in [-0.2, -0.15) is 16.4 Å². The van der Waals surface area contributed by atoms with Gasteiger partial charge >= 0.3 is 0 Å². The van der Waals surface area contributed by atoms with Crippen LogP contribution in [0.4, 0.5) is 5.82 Å². The minimum Gasteiger partial charge on any atom is -0.376 e. The molecule has 1 aliphatic heterocycles. The van der Waals surface area contributed by atoms with Gasteiger partial charge in [-0.05, 0) is 67.0 Å². The Bertz CT molecular complexity index is 973. The van der Waals surface area contributed by atoms with Crippen molar-refractivity contribution in [3.8, 4) is 11.3 Å². The predicted molar refractivity (Wildman–Crippen MR) is 115 cm³/mol. The summed E-state index contributed by atoms with van der Waals surface area (Å²) in [6.45, 7) is 2.96. The Hall–Kier alpha value is -2.32. The molecule has 30 heavy (non-hydrogen) atoms. The lowest BCUT2D eigenvalue weighted by molar-refractivity contribution is -0.0375. The van der Waals surface area contributed by atoms with Crippen molar-refractivity contribution in [2.75, 3.05) is 24.6 Å². The zero-order chi connectivity index (χ0) is 19.9. The van der Waals surface area contributed by atoms with Gasteiger partial charge in [0.2, 0.25) is 0 Å². The van der Waals surface area contributed by atoms with E-state index in [1.807, 2.05) is 6.07 Å². The van der Waals surface area contributed by atoms with Crippen LogP contribution in [0.3, 0.4) is 0 Å². The molecule has 2 saturated carbocycles. The summed E-state index contributed by atoms with van der Waals surface area (Å²) in [5.74, 6) is 3.00. The number of fused-ring (bicyclic) bond motifs is 1. The van der Waals surface area contributed by atoms with Crippen LogP contribution in [0.25, 0.3) is 11.3 Å². The number of nitrogens with zero attached hydrogens (tertiary/aromatic N) is 6. The van der Waals surface area contributed by atoms with Crippen LogP contribution < -0.4 is 4.90 Å². The van der Waals surface area contributed by atoms with Gasteiger partial charge in [-0.3, -0.25) is 0 Å². The number of aromatic nitrogens is 5. The van der Waals surface area contributed by atoms with Crippen LogP contribution in [0.5, 0.6) is 0 Å². The Labute approximate surface area is 180 Å². The van der Waals surface area contributed by atoms with Crippen molar-refractivity contribution in [3.05, 3.63) is 41.4 Å². The molecule has 0 N–H and O–H groups in total. The molecule has 4 atom stereocenters. The van der Waals surface area contributed by atoms with E-state index in [1.54, 1.807) is 17.5 Å². The van der Waals surface area contributed by atoms with E-state index < -0.39 is 0 Å². The molecule has 0 unspecified atom stereocenters. The summed E-state index contributed by atoms with van der Waals surface area (Å²) < 4.78 is 8.57. The molecule has 4 heterocycles. The molecule has 0 spiro atoms. The molecule has 3 fully saturated rings. The first-order valence-corrected chi connectivity index (χ1v) is 11.9. The van der Waals surface area contributed by atoms with E-state index >= 15 is 0 Å². The van der Waals surface area contributed by atoms with Crippen molar-refractivity contribution in [2.24, 2.45) is 17.8 Å². The number of rotatable bonds is 6. The van der Waals surface area contributed by atoms with Crippen LogP contribution in [-0.2, 0) is 4.74 Å². The van der Waals surface area contributed by atoms with Gasteiger partial charge in [0.05, 0.1) is 18.3 Å². The normalized spacial score (nSPS) is 28.6. The van der Waals surface area contributed by atoms with Crippen LogP contribution in [0.2, 0.25) is 0 Å². The van der Waals surface area contributed by atoms with Crippen molar-refractivity contribution in [2.45, 2.75) is 37.8 Å². The maximum Gasteiger partial charge on any atom is 0.151 e. The lowest BCUT2D eigenvalue weighted by atomic mass is 9.77. The maximum absolute atomic E-state index is 6.49. The first kappa shape index (κ1) is 18.4. The summed E-state index contributed by atoms with van der Waals surface area (Å²) >= 11 is 1.69. The lowest BCUT2D eigenvalue weighted by Gasteiger charge is -2.37. The van der Waals surface area contributed by atoms with E-state index in [0.717, 1.165) is 55.5 Å². The Morgan fingerprint density at radius 2 is 2.00 bits per heavy atom. The van der Waals surface area contributed by atoms with Crippen LogP contribution in [0.15, 0.2) is 41.4 Å². The molecular formula is C22H26N6OS. The molecular weight excluding hydrogens is 396 g/mol. The molecule has 3 aromatic rings. The smallest absolute Gasteiger partial charge is 0.151 e. The fourth-order valence-corrected chi connectivity index (χ4v) is 5.67. The highest BCUT2D eigenvalue weighted by Crippen LogP contribution is 2.44. The van der Waals surface area contributed by atoms with Crippen LogP contribution in [-0.4, -0.2) is 51.0 Å². The molecule has 8 heteroatoms. The van der Waals surface area contributed by atoms with Crippen molar-refractivity contribution >= 4 is 17.2 Å². The highest BCUT2D eigenvalue weighted by atomic mass is 32.1. The van der Waals surface area contributed by atoms with Gasteiger partial charge in [0.1, 0.15) is 5.69 Å². The Balaban J connectivity index is 1.23. The summed E-state index contributed by atoms with van der Waals surface area (Å²) in [5, 5.41) is 21.6. The SMILES string of the molecule is c1cnnc(N2C[C@H]3C[C@@H](n4cc(-c5ccsc5)nn4)[C@H](OCC4CC4)C[C@H]3C2)c1. The summed E-state index contributed by atoms with van der Waals surface area (Å²) in [6, 6.07) is 6.38. The monoisotopic (exact) mass is 422 g/mol. The molecule has 0 radical (unpaired) electrons. The van der Waals surface area contributed by atoms with Gasteiger partial charge in [-0.25, -0.2) is 4.68 Å². The van der Waals surface area contributed by atoms with E-state index in [1.165, 1.54) is 12.8 Å². The van der Waals surface area contributed by atoms with Crippen LogP contribution >= 0.6 is 11.3 Å². The third-order valence-corrected chi connectivity index (χ3v) is 7.56. The van der Waals surface area contributed by atoms with Crippen molar-refractivity contribution in [1.82, 2.24) is 25.2 Å². The zero-order valence-corrected chi connectivity index (χ0v) is 17.7. The molecule has 3 aromatic heterocycles. The van der Waals surface area contributed by atoms with E-state index in [-0.39, 0.29) is 12.1 Å². The van der Waals surface area contributed by atoms with Gasteiger partial charge in [0.25, 0.3) is 0 Å². The number of thiophene rings is 1. The first-order chi connectivity index (χ1) is 14.8. The molecule has 3 aliphatic rings.